The minimum Gasteiger partial charge on any atom is -0.314 e. The maximum Gasteiger partial charge on any atom is 0.326 e. The zero-order chi connectivity index (χ0) is 30.9. The number of nitrogens with one attached hydrogen (secondary N) is 1. The number of aromatic nitrogens is 2. The van der Waals surface area contributed by atoms with Crippen LogP contribution in [0, 0.1) is 26.7 Å². The molecule has 0 bridgehead atoms. The van der Waals surface area contributed by atoms with Crippen LogP contribution in [0.5, 0.6) is 0 Å². The average Bonchev–Trinajstić information content (AvgIpc) is 3.51. The fourth-order valence-corrected chi connectivity index (χ4v) is 6.28. The number of aryl methyl sites for hydroxylation is 3. The summed E-state index contributed by atoms with van der Waals surface area (Å²) in [5, 5.41) is 8.59. The molecule has 11 nitrogen and oxygen atoms in total. The van der Waals surface area contributed by atoms with Gasteiger partial charge in [-0.15, -0.1) is 0 Å². The number of hydrogen-bond donors (Lipinski definition) is 2. The predicted molar refractivity (Wildman–Crippen MR) is 166 cm³/mol. The summed E-state index contributed by atoms with van der Waals surface area (Å²) in [5.74, 6) is 0.188. The summed E-state index contributed by atoms with van der Waals surface area (Å²) in [7, 11) is -3.92. The van der Waals surface area contributed by atoms with Gasteiger partial charge in [0.25, 0.3) is 5.91 Å². The van der Waals surface area contributed by atoms with Gasteiger partial charge in [0.15, 0.2) is 0 Å². The van der Waals surface area contributed by atoms with Crippen molar-refractivity contribution in [3.8, 4) is 0 Å². The van der Waals surface area contributed by atoms with Crippen molar-refractivity contribution in [2.24, 2.45) is 11.1 Å². The van der Waals surface area contributed by atoms with E-state index < -0.39 is 16.1 Å². The topological polar surface area (TPSA) is 142 Å². The number of amides is 3. The Bertz CT molecular complexity index is 1690. The lowest BCUT2D eigenvalue weighted by atomic mass is 10.1. The van der Waals surface area contributed by atoms with Crippen LogP contribution < -0.4 is 15.4 Å². The largest absolute Gasteiger partial charge is 0.326 e. The van der Waals surface area contributed by atoms with Crippen LogP contribution in [-0.4, -0.2) is 72.8 Å². The van der Waals surface area contributed by atoms with Gasteiger partial charge in [-0.1, -0.05) is 23.7 Å². The Morgan fingerprint density at radius 1 is 1.09 bits per heavy atom. The Morgan fingerprint density at radius 2 is 1.84 bits per heavy atom. The number of nitrogens with zero attached hydrogens (tertiary/aromatic N) is 5. The monoisotopic (exact) mass is 623 g/mol. The summed E-state index contributed by atoms with van der Waals surface area (Å²) >= 11 is 6.39. The quantitative estimate of drug-likeness (QED) is 0.385. The molecule has 5 rings (SSSR count). The van der Waals surface area contributed by atoms with Gasteiger partial charge in [-0.3, -0.25) is 14.6 Å². The Kier molecular flexibility index (Phi) is 8.84. The summed E-state index contributed by atoms with van der Waals surface area (Å²) in [6.45, 7) is 8.87. The van der Waals surface area contributed by atoms with Crippen molar-refractivity contribution in [2.75, 3.05) is 42.9 Å². The lowest BCUT2D eigenvalue weighted by Gasteiger charge is -2.25. The first-order chi connectivity index (χ1) is 20.4. The van der Waals surface area contributed by atoms with Crippen LogP contribution in [0.3, 0.4) is 0 Å². The average molecular weight is 624 g/mol. The highest BCUT2D eigenvalue weighted by molar-refractivity contribution is 7.89. The van der Waals surface area contributed by atoms with E-state index in [1.807, 2.05) is 39.1 Å². The zero-order valence-corrected chi connectivity index (χ0v) is 25.8. The molecule has 0 spiro atoms. The number of carbonyl (C=O) groups is 2. The van der Waals surface area contributed by atoms with Gasteiger partial charge in [-0.05, 0) is 68.7 Å². The number of rotatable bonds is 8. The van der Waals surface area contributed by atoms with E-state index in [0.717, 1.165) is 25.2 Å². The standard InChI is InChI=1S/C30H34ClN7O4S/c1-19-8-9-25(13-27(19)31)38(30(40)35-24-6-4-7-26(12-24)43(32,41)42)11-5-10-36-14-22-16-37(17-23(22)15-36)29(39)28-20(2)33-18-34-21(28)3/h4,6-9,12-13,16,18,23H,5,10-11,14-15,17H2,1-3H3,(H,35,40)(H2,32,41,42). The SMILES string of the molecule is Cc1ccc(N(CCCN2CC3=CN(C(=O)c4c(C)ncnc4C)CC3C2)C(=O)Nc2cccc(S(N)(=O)=O)c2)cc1Cl. The molecule has 0 saturated carbocycles. The van der Waals surface area contributed by atoms with Crippen molar-refractivity contribution < 1.29 is 18.0 Å². The van der Waals surface area contributed by atoms with Crippen LogP contribution in [0.1, 0.15) is 33.7 Å². The Labute approximate surface area is 256 Å². The molecule has 226 valence electrons. The van der Waals surface area contributed by atoms with Crippen molar-refractivity contribution in [3.63, 3.8) is 0 Å². The number of halogens is 1. The van der Waals surface area contributed by atoms with E-state index in [0.29, 0.717) is 52.9 Å². The molecule has 1 fully saturated rings. The van der Waals surface area contributed by atoms with Crippen LogP contribution in [-0.2, 0) is 10.0 Å². The van der Waals surface area contributed by atoms with Crippen LogP contribution in [0.4, 0.5) is 16.2 Å². The lowest BCUT2D eigenvalue weighted by Crippen LogP contribution is -2.37. The molecule has 2 aliphatic heterocycles. The number of primary sulfonamides is 1. The van der Waals surface area contributed by atoms with Gasteiger partial charge >= 0.3 is 6.03 Å². The third kappa shape index (κ3) is 6.88. The smallest absolute Gasteiger partial charge is 0.314 e. The van der Waals surface area contributed by atoms with Gasteiger partial charge < -0.3 is 10.2 Å². The number of benzene rings is 2. The molecule has 2 aliphatic rings. The van der Waals surface area contributed by atoms with Crippen molar-refractivity contribution in [1.29, 1.82) is 0 Å². The number of carbonyl (C=O) groups excluding carboxylic acids is 2. The number of urea groups is 1. The molecular weight excluding hydrogens is 590 g/mol. The van der Waals surface area contributed by atoms with E-state index in [9.17, 15) is 18.0 Å². The second-order valence-corrected chi connectivity index (χ2v) is 12.9. The summed E-state index contributed by atoms with van der Waals surface area (Å²) in [4.78, 5) is 40.6. The van der Waals surface area contributed by atoms with Crippen LogP contribution in [0.2, 0.25) is 5.02 Å². The lowest BCUT2D eigenvalue weighted by molar-refractivity contribution is 0.0818. The summed E-state index contributed by atoms with van der Waals surface area (Å²) in [6, 6.07) is 10.8. The van der Waals surface area contributed by atoms with E-state index in [2.05, 4.69) is 20.2 Å². The number of sulfonamides is 1. The van der Waals surface area contributed by atoms with E-state index in [1.54, 1.807) is 21.9 Å². The summed E-state index contributed by atoms with van der Waals surface area (Å²) < 4.78 is 23.6. The number of likely N-dealkylation sites (tertiary alicyclic amines) is 1. The molecule has 3 aromatic rings. The number of hydrogen-bond acceptors (Lipinski definition) is 7. The van der Waals surface area contributed by atoms with Crippen LogP contribution in [0.15, 0.2) is 65.5 Å². The number of anilines is 2. The van der Waals surface area contributed by atoms with Gasteiger partial charge in [-0.25, -0.2) is 28.3 Å². The summed E-state index contributed by atoms with van der Waals surface area (Å²) in [5.41, 5.74) is 4.95. The molecule has 1 saturated heterocycles. The van der Waals surface area contributed by atoms with Gasteiger partial charge in [0.1, 0.15) is 6.33 Å². The van der Waals surface area contributed by atoms with E-state index in [1.165, 1.54) is 30.1 Å². The molecule has 0 radical (unpaired) electrons. The number of nitrogens with two attached hydrogens (primary N) is 1. The highest BCUT2D eigenvalue weighted by Gasteiger charge is 2.36. The molecule has 13 heteroatoms. The van der Waals surface area contributed by atoms with Gasteiger partial charge in [-0.2, -0.15) is 0 Å². The molecular formula is C30H34ClN7O4S. The van der Waals surface area contributed by atoms with Gasteiger partial charge in [0.2, 0.25) is 10.0 Å². The second-order valence-electron chi connectivity index (χ2n) is 11.0. The van der Waals surface area contributed by atoms with Crippen LogP contribution >= 0.6 is 11.6 Å². The van der Waals surface area contributed by atoms with Crippen molar-refractivity contribution >= 4 is 44.9 Å². The highest BCUT2D eigenvalue weighted by atomic mass is 35.5. The minimum absolute atomic E-state index is 0.0722. The van der Waals surface area contributed by atoms with E-state index in [4.69, 9.17) is 16.7 Å². The van der Waals surface area contributed by atoms with Crippen molar-refractivity contribution in [2.45, 2.75) is 32.1 Å². The predicted octanol–water partition coefficient (Wildman–Crippen LogP) is 4.10. The molecule has 2 aromatic carbocycles. The fourth-order valence-electron chi connectivity index (χ4n) is 5.54. The summed E-state index contributed by atoms with van der Waals surface area (Å²) in [6.07, 6.45) is 4.11. The Hall–Kier alpha value is -3.84. The molecule has 3 heterocycles. The normalized spacial score (nSPS) is 16.6. The third-order valence-corrected chi connectivity index (χ3v) is 9.15. The molecule has 1 atom stereocenters. The third-order valence-electron chi connectivity index (χ3n) is 7.83. The van der Waals surface area contributed by atoms with E-state index >= 15 is 0 Å². The van der Waals surface area contributed by atoms with Crippen molar-refractivity contribution in [3.05, 3.63) is 88.1 Å². The molecule has 3 amide bonds. The first-order valence-electron chi connectivity index (χ1n) is 13.9. The first-order valence-corrected chi connectivity index (χ1v) is 15.8. The molecule has 1 aromatic heterocycles. The zero-order valence-electron chi connectivity index (χ0n) is 24.2. The van der Waals surface area contributed by atoms with E-state index in [-0.39, 0.29) is 16.7 Å². The van der Waals surface area contributed by atoms with Crippen molar-refractivity contribution in [1.82, 2.24) is 19.8 Å². The fraction of sp³-hybridized carbons (Fsp3) is 0.333. The first kappa shape index (κ1) is 30.6. The molecule has 43 heavy (non-hydrogen) atoms. The molecule has 3 N–H and O–H groups in total. The van der Waals surface area contributed by atoms with Crippen LogP contribution in [0.25, 0.3) is 0 Å². The maximum atomic E-state index is 13.4. The molecule has 0 aliphatic carbocycles. The number of fused-ring (bicyclic) bond motifs is 1. The van der Waals surface area contributed by atoms with Gasteiger partial charge in [0, 0.05) is 61.2 Å². The van der Waals surface area contributed by atoms with Gasteiger partial charge in [0.05, 0.1) is 21.8 Å². The second kappa shape index (κ2) is 12.4. The Balaban J connectivity index is 1.23. The highest BCUT2D eigenvalue weighted by Crippen LogP contribution is 2.31. The Morgan fingerprint density at radius 3 is 2.51 bits per heavy atom. The molecule has 1 unspecified atom stereocenters. The maximum absolute atomic E-state index is 13.4. The minimum atomic E-state index is -3.92.